The second-order valence-corrected chi connectivity index (χ2v) is 8.64. The van der Waals surface area contributed by atoms with Crippen LogP contribution in [-0.2, 0) is 21.2 Å². The third-order valence-corrected chi connectivity index (χ3v) is 5.81. The summed E-state index contributed by atoms with van der Waals surface area (Å²) in [5, 5.41) is 2.89. The number of amides is 1. The van der Waals surface area contributed by atoms with Crippen LogP contribution in [-0.4, -0.2) is 33.2 Å². The van der Waals surface area contributed by atoms with Gasteiger partial charge in [0.25, 0.3) is 0 Å². The van der Waals surface area contributed by atoms with Gasteiger partial charge in [0, 0.05) is 6.54 Å². The van der Waals surface area contributed by atoms with E-state index in [0.717, 1.165) is 22.9 Å². The van der Waals surface area contributed by atoms with Crippen LogP contribution in [0, 0.1) is 13.8 Å². The summed E-state index contributed by atoms with van der Waals surface area (Å²) in [6.45, 7) is 6.18. The number of carbonyl (C=O) groups excluding carboxylic acids is 1. The van der Waals surface area contributed by atoms with E-state index >= 15 is 0 Å². The minimum Gasteiger partial charge on any atom is -0.354 e. The smallest absolute Gasteiger partial charge is 0.243 e. The van der Waals surface area contributed by atoms with Crippen molar-refractivity contribution in [2.24, 2.45) is 0 Å². The fourth-order valence-electron chi connectivity index (χ4n) is 3.02. The minimum absolute atomic E-state index is 0.280. The molecule has 0 bridgehead atoms. The van der Waals surface area contributed by atoms with E-state index in [9.17, 15) is 13.2 Å². The summed E-state index contributed by atoms with van der Waals surface area (Å²) in [7, 11) is -3.61. The number of anilines is 1. The number of carbonyl (C=O) groups is 1. The zero-order chi connectivity index (χ0) is 20.0. The third-order valence-electron chi connectivity index (χ3n) is 4.63. The highest BCUT2D eigenvalue weighted by molar-refractivity contribution is 7.92. The van der Waals surface area contributed by atoms with Crippen molar-refractivity contribution in [3.8, 4) is 0 Å². The number of hydrogen-bond donors (Lipinski definition) is 1. The zero-order valence-corrected chi connectivity index (χ0v) is 17.2. The van der Waals surface area contributed by atoms with Crippen LogP contribution in [0.1, 0.15) is 30.0 Å². The zero-order valence-electron chi connectivity index (χ0n) is 16.4. The van der Waals surface area contributed by atoms with Crippen molar-refractivity contribution in [3.63, 3.8) is 0 Å². The molecule has 0 aromatic heterocycles. The van der Waals surface area contributed by atoms with Crippen LogP contribution >= 0.6 is 0 Å². The molecule has 2 aromatic rings. The van der Waals surface area contributed by atoms with Crippen molar-refractivity contribution in [2.45, 2.75) is 39.7 Å². The van der Waals surface area contributed by atoms with Crippen LogP contribution in [0.2, 0.25) is 0 Å². The van der Waals surface area contributed by atoms with Crippen molar-refractivity contribution >= 4 is 21.6 Å². The summed E-state index contributed by atoms with van der Waals surface area (Å²) in [4.78, 5) is 12.8. The highest BCUT2D eigenvalue weighted by atomic mass is 32.2. The predicted molar refractivity (Wildman–Crippen MR) is 110 cm³/mol. The number of aryl methyl sites for hydroxylation is 2. The van der Waals surface area contributed by atoms with Gasteiger partial charge in [-0.25, -0.2) is 8.42 Å². The number of benzene rings is 2. The van der Waals surface area contributed by atoms with Gasteiger partial charge in [0.2, 0.25) is 15.9 Å². The molecule has 0 heterocycles. The van der Waals surface area contributed by atoms with E-state index in [1.54, 1.807) is 6.07 Å². The van der Waals surface area contributed by atoms with Crippen LogP contribution in [0.4, 0.5) is 5.69 Å². The van der Waals surface area contributed by atoms with Crippen molar-refractivity contribution in [3.05, 3.63) is 65.2 Å². The van der Waals surface area contributed by atoms with Crippen molar-refractivity contribution in [1.29, 1.82) is 0 Å². The summed E-state index contributed by atoms with van der Waals surface area (Å²) in [6, 6.07) is 14.5. The molecule has 0 aliphatic heterocycles. The van der Waals surface area contributed by atoms with Crippen molar-refractivity contribution in [2.75, 3.05) is 17.1 Å². The maximum Gasteiger partial charge on any atom is 0.243 e. The Morgan fingerprint density at radius 2 is 1.74 bits per heavy atom. The Labute approximate surface area is 162 Å². The van der Waals surface area contributed by atoms with E-state index in [4.69, 9.17) is 0 Å². The van der Waals surface area contributed by atoms with Gasteiger partial charge in [-0.3, -0.25) is 9.10 Å². The van der Waals surface area contributed by atoms with Crippen LogP contribution in [0.3, 0.4) is 0 Å². The average molecular weight is 389 g/mol. The fraction of sp³-hybridized carbons (Fsp3) is 0.381. The quantitative estimate of drug-likeness (QED) is 0.755. The van der Waals surface area contributed by atoms with Gasteiger partial charge >= 0.3 is 0 Å². The van der Waals surface area contributed by atoms with Gasteiger partial charge in [0.05, 0.1) is 11.9 Å². The van der Waals surface area contributed by atoms with Gasteiger partial charge in [0.1, 0.15) is 6.04 Å². The topological polar surface area (TPSA) is 66.5 Å². The molecule has 0 aliphatic carbocycles. The summed E-state index contributed by atoms with van der Waals surface area (Å²) < 4.78 is 26.2. The summed E-state index contributed by atoms with van der Waals surface area (Å²) in [5.41, 5.74) is 3.71. The SMILES string of the molecule is CC[C@H](C(=O)NCCc1ccccc1)N(c1ccc(C)c(C)c1)S(C)(=O)=O. The Balaban J connectivity index is 2.18. The first-order chi connectivity index (χ1) is 12.7. The van der Waals surface area contributed by atoms with Gasteiger partial charge in [0.15, 0.2) is 0 Å². The van der Waals surface area contributed by atoms with Gasteiger partial charge in [-0.15, -0.1) is 0 Å². The van der Waals surface area contributed by atoms with Gasteiger partial charge in [-0.2, -0.15) is 0 Å². The van der Waals surface area contributed by atoms with Crippen molar-refractivity contribution < 1.29 is 13.2 Å². The second-order valence-electron chi connectivity index (χ2n) is 6.78. The molecule has 0 radical (unpaired) electrons. The van der Waals surface area contributed by atoms with E-state index < -0.39 is 16.1 Å². The molecule has 2 aromatic carbocycles. The van der Waals surface area contributed by atoms with E-state index in [0.29, 0.717) is 25.1 Å². The van der Waals surface area contributed by atoms with Gasteiger partial charge in [-0.1, -0.05) is 43.3 Å². The van der Waals surface area contributed by atoms with Gasteiger partial charge in [-0.05, 0) is 55.5 Å². The summed E-state index contributed by atoms with van der Waals surface area (Å²) >= 11 is 0. The largest absolute Gasteiger partial charge is 0.354 e. The molecule has 5 nitrogen and oxygen atoms in total. The van der Waals surface area contributed by atoms with E-state index in [1.165, 1.54) is 4.31 Å². The number of sulfonamides is 1. The molecule has 0 unspecified atom stereocenters. The number of nitrogens with one attached hydrogen (secondary N) is 1. The normalized spacial score (nSPS) is 12.4. The lowest BCUT2D eigenvalue weighted by Crippen LogP contribution is -2.49. The van der Waals surface area contributed by atoms with Crippen LogP contribution in [0.5, 0.6) is 0 Å². The Bertz CT molecular complexity index is 880. The van der Waals surface area contributed by atoms with E-state index in [-0.39, 0.29) is 5.91 Å². The summed E-state index contributed by atoms with van der Waals surface area (Å²) in [6.07, 6.45) is 2.23. The molecular formula is C21H28N2O3S. The Kier molecular flexibility index (Phi) is 7.02. The molecule has 2 rings (SSSR count). The Morgan fingerprint density at radius 1 is 1.07 bits per heavy atom. The molecule has 0 fully saturated rings. The molecule has 1 N–H and O–H groups in total. The van der Waals surface area contributed by atoms with Crippen molar-refractivity contribution in [1.82, 2.24) is 5.32 Å². The van der Waals surface area contributed by atoms with Crippen LogP contribution in [0.15, 0.2) is 48.5 Å². The first kappa shape index (κ1) is 21.0. The number of rotatable bonds is 8. The Morgan fingerprint density at radius 3 is 2.30 bits per heavy atom. The van der Waals surface area contributed by atoms with E-state index in [1.807, 2.05) is 63.2 Å². The molecular weight excluding hydrogens is 360 g/mol. The lowest BCUT2D eigenvalue weighted by atomic mass is 10.1. The molecule has 0 spiro atoms. The number of nitrogens with zero attached hydrogens (tertiary/aromatic N) is 1. The molecule has 146 valence electrons. The lowest BCUT2D eigenvalue weighted by Gasteiger charge is -2.30. The van der Waals surface area contributed by atoms with Crippen LogP contribution < -0.4 is 9.62 Å². The molecule has 6 heteroatoms. The molecule has 0 saturated carbocycles. The summed E-state index contributed by atoms with van der Waals surface area (Å²) in [5.74, 6) is -0.280. The first-order valence-corrected chi connectivity index (χ1v) is 11.0. The van der Waals surface area contributed by atoms with Gasteiger partial charge < -0.3 is 5.32 Å². The molecule has 1 amide bonds. The standard InChI is InChI=1S/C21H28N2O3S/c1-5-20(21(24)22-14-13-18-9-7-6-8-10-18)23(27(4,25)26)19-12-11-16(2)17(3)15-19/h6-12,15,20H,5,13-14H2,1-4H3,(H,22,24)/t20-/m1/s1. The maximum absolute atomic E-state index is 12.8. The minimum atomic E-state index is -3.61. The lowest BCUT2D eigenvalue weighted by molar-refractivity contribution is -0.122. The third kappa shape index (κ3) is 5.57. The predicted octanol–water partition coefficient (Wildman–Crippen LogP) is 3.21. The van der Waals surface area contributed by atoms with Crippen LogP contribution in [0.25, 0.3) is 0 Å². The molecule has 1 atom stereocenters. The highest BCUT2D eigenvalue weighted by Crippen LogP contribution is 2.25. The molecule has 0 saturated heterocycles. The molecule has 27 heavy (non-hydrogen) atoms. The average Bonchev–Trinajstić information content (AvgIpc) is 2.62. The second kappa shape index (κ2) is 9.04. The fourth-order valence-corrected chi connectivity index (χ4v) is 4.22. The maximum atomic E-state index is 12.8. The number of hydrogen-bond acceptors (Lipinski definition) is 3. The monoisotopic (exact) mass is 388 g/mol. The van der Waals surface area contributed by atoms with E-state index in [2.05, 4.69) is 5.32 Å². The Hall–Kier alpha value is -2.34. The highest BCUT2D eigenvalue weighted by Gasteiger charge is 2.31. The molecule has 0 aliphatic rings. The first-order valence-electron chi connectivity index (χ1n) is 9.12.